The second-order valence-electron chi connectivity index (χ2n) is 4.12. The van der Waals surface area contributed by atoms with E-state index in [0.717, 1.165) is 17.9 Å². The van der Waals surface area contributed by atoms with E-state index in [1.807, 2.05) is 31.2 Å². The van der Waals surface area contributed by atoms with Crippen molar-refractivity contribution in [3.05, 3.63) is 29.8 Å². The van der Waals surface area contributed by atoms with Crippen molar-refractivity contribution in [1.29, 1.82) is 0 Å². The van der Waals surface area contributed by atoms with Crippen LogP contribution in [-0.4, -0.2) is 11.8 Å². The third-order valence-corrected chi connectivity index (χ3v) is 2.16. The lowest BCUT2D eigenvalue weighted by Crippen LogP contribution is -2.13. The van der Waals surface area contributed by atoms with Gasteiger partial charge in [-0.3, -0.25) is 0 Å². The van der Waals surface area contributed by atoms with Gasteiger partial charge in [-0.05, 0) is 30.5 Å². The van der Waals surface area contributed by atoms with E-state index in [0.29, 0.717) is 5.92 Å². The van der Waals surface area contributed by atoms with E-state index in [2.05, 4.69) is 19.3 Å². The van der Waals surface area contributed by atoms with Gasteiger partial charge >= 0.3 is 0 Å². The van der Waals surface area contributed by atoms with Crippen LogP contribution in [0, 0.1) is 5.92 Å². The summed E-state index contributed by atoms with van der Waals surface area (Å²) >= 11 is 0. The summed E-state index contributed by atoms with van der Waals surface area (Å²) in [7, 11) is 0. The zero-order valence-corrected chi connectivity index (χ0v) is 9.53. The molecule has 0 spiro atoms. The molecule has 0 saturated carbocycles. The van der Waals surface area contributed by atoms with Crippen molar-refractivity contribution in [3.63, 3.8) is 0 Å². The van der Waals surface area contributed by atoms with Gasteiger partial charge in [0, 0.05) is 0 Å². The first-order valence-electron chi connectivity index (χ1n) is 5.26. The van der Waals surface area contributed by atoms with Gasteiger partial charge in [-0.15, -0.1) is 0 Å². The fourth-order valence-corrected chi connectivity index (χ4v) is 1.19. The zero-order valence-electron chi connectivity index (χ0n) is 9.53. The average Bonchev–Trinajstić information content (AvgIpc) is 2.26. The van der Waals surface area contributed by atoms with Crippen molar-refractivity contribution in [3.8, 4) is 5.75 Å². The Morgan fingerprint density at radius 3 is 2.27 bits per heavy atom. The van der Waals surface area contributed by atoms with Crippen molar-refractivity contribution in [2.45, 2.75) is 26.8 Å². The van der Waals surface area contributed by atoms with Crippen LogP contribution in [0.2, 0.25) is 0 Å². The number of hydrogen-bond donors (Lipinski definition) is 2. The molecule has 1 rings (SSSR count). The molecular formula is C12H19NO2. The first kappa shape index (κ1) is 12.0. The number of rotatable bonds is 5. The minimum Gasteiger partial charge on any atom is -0.493 e. The Kier molecular flexibility index (Phi) is 4.59. The number of nitrogens with one attached hydrogen (secondary N) is 1. The van der Waals surface area contributed by atoms with Gasteiger partial charge in [0.25, 0.3) is 0 Å². The van der Waals surface area contributed by atoms with Crippen LogP contribution in [-0.2, 0) is 0 Å². The Morgan fingerprint density at radius 2 is 1.80 bits per heavy atom. The normalized spacial score (nSPS) is 12.9. The van der Waals surface area contributed by atoms with Gasteiger partial charge in [-0.25, -0.2) is 0 Å². The highest BCUT2D eigenvalue weighted by atomic mass is 16.5. The topological polar surface area (TPSA) is 41.5 Å². The molecule has 3 nitrogen and oxygen atoms in total. The molecule has 0 aliphatic rings. The molecule has 84 valence electrons. The number of hydrogen-bond acceptors (Lipinski definition) is 3. The summed E-state index contributed by atoms with van der Waals surface area (Å²) in [6.45, 7) is 6.86. The molecule has 1 aromatic carbocycles. The fraction of sp³-hybridized carbons (Fsp3) is 0.500. The molecule has 1 unspecified atom stereocenters. The van der Waals surface area contributed by atoms with E-state index < -0.39 is 0 Å². The van der Waals surface area contributed by atoms with Crippen LogP contribution in [0.4, 0.5) is 0 Å². The SMILES string of the molecule is CC(C)COc1ccc(C(C)NO)cc1. The van der Waals surface area contributed by atoms with Crippen molar-refractivity contribution < 1.29 is 9.94 Å². The summed E-state index contributed by atoms with van der Waals surface area (Å²) in [5.41, 5.74) is 3.25. The minimum atomic E-state index is -0.0517. The summed E-state index contributed by atoms with van der Waals surface area (Å²) in [5, 5.41) is 8.75. The molecule has 1 atom stereocenters. The van der Waals surface area contributed by atoms with E-state index in [4.69, 9.17) is 9.94 Å². The summed E-state index contributed by atoms with van der Waals surface area (Å²) < 4.78 is 5.55. The van der Waals surface area contributed by atoms with Crippen LogP contribution < -0.4 is 10.2 Å². The second kappa shape index (κ2) is 5.73. The average molecular weight is 209 g/mol. The molecule has 0 bridgehead atoms. The van der Waals surface area contributed by atoms with E-state index in [9.17, 15) is 0 Å². The van der Waals surface area contributed by atoms with E-state index in [-0.39, 0.29) is 6.04 Å². The summed E-state index contributed by atoms with van der Waals surface area (Å²) in [4.78, 5) is 0. The Morgan fingerprint density at radius 1 is 1.20 bits per heavy atom. The monoisotopic (exact) mass is 209 g/mol. The Hall–Kier alpha value is -1.06. The molecule has 0 aliphatic carbocycles. The third-order valence-electron chi connectivity index (χ3n) is 2.16. The minimum absolute atomic E-state index is 0.0517. The maximum Gasteiger partial charge on any atom is 0.119 e. The molecule has 0 fully saturated rings. The molecule has 0 radical (unpaired) electrons. The lowest BCUT2D eigenvalue weighted by Gasteiger charge is -2.11. The highest BCUT2D eigenvalue weighted by Crippen LogP contribution is 2.17. The van der Waals surface area contributed by atoms with Crippen molar-refractivity contribution in [2.75, 3.05) is 6.61 Å². The summed E-state index contributed by atoms with van der Waals surface area (Å²) in [5.74, 6) is 1.40. The maximum atomic E-state index is 8.75. The molecule has 0 aliphatic heterocycles. The first-order valence-corrected chi connectivity index (χ1v) is 5.26. The van der Waals surface area contributed by atoms with E-state index in [1.165, 1.54) is 0 Å². The van der Waals surface area contributed by atoms with Crippen LogP contribution in [0.1, 0.15) is 32.4 Å². The molecule has 15 heavy (non-hydrogen) atoms. The van der Waals surface area contributed by atoms with Gasteiger partial charge < -0.3 is 9.94 Å². The lowest BCUT2D eigenvalue weighted by atomic mass is 10.1. The molecule has 2 N–H and O–H groups in total. The highest BCUT2D eigenvalue weighted by Gasteiger charge is 2.03. The third kappa shape index (κ3) is 3.90. The summed E-state index contributed by atoms with van der Waals surface area (Å²) in [6, 6.07) is 7.69. The van der Waals surface area contributed by atoms with Crippen LogP contribution in [0.25, 0.3) is 0 Å². The quantitative estimate of drug-likeness (QED) is 0.733. The van der Waals surface area contributed by atoms with Gasteiger partial charge in [-0.1, -0.05) is 26.0 Å². The number of benzene rings is 1. The maximum absolute atomic E-state index is 8.75. The van der Waals surface area contributed by atoms with Crippen molar-refractivity contribution in [1.82, 2.24) is 5.48 Å². The molecule has 0 heterocycles. The Balaban J connectivity index is 2.56. The largest absolute Gasteiger partial charge is 0.493 e. The second-order valence-corrected chi connectivity index (χ2v) is 4.12. The molecular weight excluding hydrogens is 190 g/mol. The van der Waals surface area contributed by atoms with Crippen LogP contribution >= 0.6 is 0 Å². The zero-order chi connectivity index (χ0) is 11.3. The number of hydroxylamine groups is 1. The van der Waals surface area contributed by atoms with Gasteiger partial charge in [0.15, 0.2) is 0 Å². The first-order chi connectivity index (χ1) is 7.13. The Labute approximate surface area is 91.0 Å². The smallest absolute Gasteiger partial charge is 0.119 e. The molecule has 0 aromatic heterocycles. The van der Waals surface area contributed by atoms with Gasteiger partial charge in [0.05, 0.1) is 12.6 Å². The van der Waals surface area contributed by atoms with Gasteiger partial charge in [0.2, 0.25) is 0 Å². The van der Waals surface area contributed by atoms with E-state index in [1.54, 1.807) is 0 Å². The van der Waals surface area contributed by atoms with E-state index >= 15 is 0 Å². The van der Waals surface area contributed by atoms with Crippen molar-refractivity contribution in [2.24, 2.45) is 5.92 Å². The van der Waals surface area contributed by atoms with Gasteiger partial charge in [0.1, 0.15) is 5.75 Å². The lowest BCUT2D eigenvalue weighted by molar-refractivity contribution is 0.133. The van der Waals surface area contributed by atoms with Crippen molar-refractivity contribution >= 4 is 0 Å². The van der Waals surface area contributed by atoms with Gasteiger partial charge in [-0.2, -0.15) is 5.48 Å². The number of ether oxygens (including phenoxy) is 1. The van der Waals surface area contributed by atoms with Crippen LogP contribution in [0.15, 0.2) is 24.3 Å². The molecule has 1 aromatic rings. The predicted molar refractivity (Wildman–Crippen MR) is 60.1 cm³/mol. The Bertz CT molecular complexity index is 282. The fourth-order valence-electron chi connectivity index (χ4n) is 1.19. The van der Waals surface area contributed by atoms with Crippen LogP contribution in [0.3, 0.4) is 0 Å². The predicted octanol–water partition coefficient (Wildman–Crippen LogP) is 2.76. The molecule has 3 heteroatoms. The van der Waals surface area contributed by atoms with Crippen LogP contribution in [0.5, 0.6) is 5.75 Å². The summed E-state index contributed by atoms with van der Waals surface area (Å²) in [6.07, 6.45) is 0. The standard InChI is InChI=1S/C12H19NO2/c1-9(2)8-15-12-6-4-11(5-7-12)10(3)13-14/h4-7,9-10,13-14H,8H2,1-3H3. The molecule has 0 saturated heterocycles. The molecule has 0 amide bonds. The highest BCUT2D eigenvalue weighted by molar-refractivity contribution is 5.28.